The Labute approximate surface area is 153 Å². The third kappa shape index (κ3) is 3.56. The maximum Gasteiger partial charge on any atom is 0.244 e. The number of hydrogen-bond donors (Lipinski definition) is 1. The van der Waals surface area contributed by atoms with Crippen molar-refractivity contribution in [1.29, 1.82) is 0 Å². The number of fused-ring (bicyclic) bond motifs is 1. The number of aryl methyl sites for hydroxylation is 1. The molecule has 0 radical (unpaired) electrons. The number of pyridine rings is 1. The van der Waals surface area contributed by atoms with E-state index in [0.717, 1.165) is 27.5 Å². The molecule has 1 aliphatic rings. The highest BCUT2D eigenvalue weighted by Gasteiger charge is 2.21. The molecular formula is C18H22N4O3S. The van der Waals surface area contributed by atoms with E-state index < -0.39 is 10.0 Å². The SMILES string of the molecule is CN1C(=O)CCc2cc(CNc3ccc(S(=O)(=O)N(C)C)cn3)ccc21. The first kappa shape index (κ1) is 18.3. The van der Waals surface area contributed by atoms with Crippen LogP contribution in [0.5, 0.6) is 0 Å². The summed E-state index contributed by atoms with van der Waals surface area (Å²) in [5.74, 6) is 0.744. The molecule has 138 valence electrons. The minimum Gasteiger partial charge on any atom is -0.366 e. The molecule has 2 heterocycles. The molecule has 26 heavy (non-hydrogen) atoms. The van der Waals surface area contributed by atoms with Crippen molar-refractivity contribution in [2.45, 2.75) is 24.3 Å². The number of benzene rings is 1. The van der Waals surface area contributed by atoms with Crippen molar-refractivity contribution in [3.63, 3.8) is 0 Å². The van der Waals surface area contributed by atoms with E-state index >= 15 is 0 Å². The van der Waals surface area contributed by atoms with E-state index in [9.17, 15) is 13.2 Å². The zero-order valence-corrected chi connectivity index (χ0v) is 15.9. The Kier molecular flexibility index (Phi) is 4.97. The number of nitrogens with one attached hydrogen (secondary N) is 1. The summed E-state index contributed by atoms with van der Waals surface area (Å²) in [5.41, 5.74) is 3.20. The number of carbonyl (C=O) groups excluding carboxylic acids is 1. The lowest BCUT2D eigenvalue weighted by atomic mass is 9.99. The Balaban J connectivity index is 1.69. The fourth-order valence-corrected chi connectivity index (χ4v) is 3.71. The molecule has 2 aromatic rings. The molecule has 0 aliphatic carbocycles. The summed E-state index contributed by atoms with van der Waals surface area (Å²) >= 11 is 0. The van der Waals surface area contributed by atoms with E-state index in [0.29, 0.717) is 18.8 Å². The van der Waals surface area contributed by atoms with Gasteiger partial charge in [0, 0.05) is 46.0 Å². The lowest BCUT2D eigenvalue weighted by Crippen LogP contribution is -2.31. The van der Waals surface area contributed by atoms with Crippen LogP contribution in [0.25, 0.3) is 0 Å². The van der Waals surface area contributed by atoms with Gasteiger partial charge in [0.1, 0.15) is 10.7 Å². The van der Waals surface area contributed by atoms with Crippen LogP contribution in [-0.2, 0) is 27.8 Å². The Morgan fingerprint density at radius 1 is 1.19 bits per heavy atom. The van der Waals surface area contributed by atoms with Gasteiger partial charge < -0.3 is 10.2 Å². The van der Waals surface area contributed by atoms with Gasteiger partial charge in [-0.1, -0.05) is 12.1 Å². The second kappa shape index (κ2) is 7.05. The highest BCUT2D eigenvalue weighted by atomic mass is 32.2. The van der Waals surface area contributed by atoms with E-state index in [1.54, 1.807) is 18.0 Å². The zero-order chi connectivity index (χ0) is 18.9. The molecule has 0 atom stereocenters. The fourth-order valence-electron chi connectivity index (χ4n) is 2.86. The third-order valence-electron chi connectivity index (χ3n) is 4.48. The molecule has 3 rings (SSSR count). The number of anilines is 2. The molecule has 1 amide bonds. The highest BCUT2D eigenvalue weighted by molar-refractivity contribution is 7.89. The van der Waals surface area contributed by atoms with Gasteiger partial charge in [-0.15, -0.1) is 0 Å². The number of sulfonamides is 1. The predicted octanol–water partition coefficient (Wildman–Crippen LogP) is 1.85. The number of nitrogens with zero attached hydrogens (tertiary/aromatic N) is 3. The van der Waals surface area contributed by atoms with E-state index in [-0.39, 0.29) is 10.8 Å². The monoisotopic (exact) mass is 374 g/mol. The second-order valence-electron chi connectivity index (χ2n) is 6.44. The van der Waals surface area contributed by atoms with Gasteiger partial charge in [0.2, 0.25) is 15.9 Å². The molecule has 0 fully saturated rings. The second-order valence-corrected chi connectivity index (χ2v) is 8.59. The molecule has 1 N–H and O–H groups in total. The van der Waals surface area contributed by atoms with Crippen LogP contribution >= 0.6 is 0 Å². The van der Waals surface area contributed by atoms with E-state index in [2.05, 4.69) is 16.4 Å². The standard InChI is InChI=1S/C18H22N4O3S/c1-21(2)26(24,25)15-6-8-17(20-12-15)19-11-13-4-7-16-14(10-13)5-9-18(23)22(16)3/h4,6-8,10,12H,5,9,11H2,1-3H3,(H,19,20). The molecule has 0 bridgehead atoms. The van der Waals surface area contributed by atoms with E-state index in [1.807, 2.05) is 12.1 Å². The van der Waals surface area contributed by atoms with Crippen molar-refractivity contribution >= 4 is 27.4 Å². The summed E-state index contributed by atoms with van der Waals surface area (Å²) in [7, 11) is 1.30. The summed E-state index contributed by atoms with van der Waals surface area (Å²) in [6.45, 7) is 0.567. The molecule has 0 saturated carbocycles. The van der Waals surface area contributed by atoms with Crippen LogP contribution in [0.1, 0.15) is 17.5 Å². The van der Waals surface area contributed by atoms with Crippen molar-refractivity contribution in [3.05, 3.63) is 47.7 Å². The van der Waals surface area contributed by atoms with Crippen LogP contribution in [0.15, 0.2) is 41.4 Å². The van der Waals surface area contributed by atoms with Crippen molar-refractivity contribution in [2.75, 3.05) is 31.4 Å². The van der Waals surface area contributed by atoms with Gasteiger partial charge in [-0.05, 0) is 35.7 Å². The molecule has 0 spiro atoms. The number of hydrogen-bond acceptors (Lipinski definition) is 5. The summed E-state index contributed by atoms with van der Waals surface area (Å²) in [4.78, 5) is 17.8. The first-order chi connectivity index (χ1) is 12.3. The summed E-state index contributed by atoms with van der Waals surface area (Å²) in [6.07, 6.45) is 2.64. The molecule has 1 aromatic heterocycles. The van der Waals surface area contributed by atoms with Crippen molar-refractivity contribution in [2.24, 2.45) is 0 Å². The largest absolute Gasteiger partial charge is 0.366 e. The summed E-state index contributed by atoms with van der Waals surface area (Å²) in [6, 6.07) is 9.23. The molecule has 1 aliphatic heterocycles. The van der Waals surface area contributed by atoms with Crippen molar-refractivity contribution in [1.82, 2.24) is 9.29 Å². The molecule has 1 aromatic carbocycles. The van der Waals surface area contributed by atoms with Gasteiger partial charge in [0.05, 0.1) is 0 Å². The first-order valence-electron chi connectivity index (χ1n) is 8.30. The lowest BCUT2D eigenvalue weighted by Gasteiger charge is -2.26. The number of carbonyl (C=O) groups is 1. The number of amides is 1. The Bertz CT molecular complexity index is 924. The Morgan fingerprint density at radius 3 is 2.62 bits per heavy atom. The third-order valence-corrected chi connectivity index (χ3v) is 6.27. The molecule has 7 nitrogen and oxygen atoms in total. The zero-order valence-electron chi connectivity index (χ0n) is 15.1. The van der Waals surface area contributed by atoms with Crippen molar-refractivity contribution in [3.8, 4) is 0 Å². The van der Waals surface area contributed by atoms with E-state index in [1.165, 1.54) is 26.4 Å². The normalized spacial score (nSPS) is 14.5. The molecular weight excluding hydrogens is 352 g/mol. The van der Waals surface area contributed by atoms with Crippen LogP contribution in [0, 0.1) is 0 Å². The lowest BCUT2D eigenvalue weighted by molar-refractivity contribution is -0.118. The highest BCUT2D eigenvalue weighted by Crippen LogP contribution is 2.27. The van der Waals surface area contributed by atoms with Gasteiger partial charge in [-0.3, -0.25) is 4.79 Å². The number of aromatic nitrogens is 1. The minimum absolute atomic E-state index is 0.139. The van der Waals surface area contributed by atoms with Crippen LogP contribution in [0.3, 0.4) is 0 Å². The number of rotatable bonds is 5. The van der Waals surface area contributed by atoms with Gasteiger partial charge in [0.15, 0.2) is 0 Å². The van der Waals surface area contributed by atoms with E-state index in [4.69, 9.17) is 0 Å². The van der Waals surface area contributed by atoms with Gasteiger partial charge >= 0.3 is 0 Å². The van der Waals surface area contributed by atoms with Gasteiger partial charge in [-0.2, -0.15) is 0 Å². The molecule has 0 unspecified atom stereocenters. The Hall–Kier alpha value is -2.45. The first-order valence-corrected chi connectivity index (χ1v) is 9.74. The summed E-state index contributed by atoms with van der Waals surface area (Å²) < 4.78 is 25.3. The van der Waals surface area contributed by atoms with Gasteiger partial charge in [-0.25, -0.2) is 17.7 Å². The maximum atomic E-state index is 12.0. The summed E-state index contributed by atoms with van der Waals surface area (Å²) in [5, 5.41) is 3.20. The fraction of sp³-hybridized carbons (Fsp3) is 0.333. The van der Waals surface area contributed by atoms with Crippen LogP contribution < -0.4 is 10.2 Å². The smallest absolute Gasteiger partial charge is 0.244 e. The van der Waals surface area contributed by atoms with Crippen LogP contribution in [0.4, 0.5) is 11.5 Å². The molecule has 0 saturated heterocycles. The van der Waals surface area contributed by atoms with Crippen molar-refractivity contribution < 1.29 is 13.2 Å². The average Bonchev–Trinajstić information content (AvgIpc) is 2.63. The topological polar surface area (TPSA) is 82.6 Å². The quantitative estimate of drug-likeness (QED) is 0.864. The van der Waals surface area contributed by atoms with Gasteiger partial charge in [0.25, 0.3) is 0 Å². The van der Waals surface area contributed by atoms with Crippen LogP contribution in [-0.4, -0.2) is 44.8 Å². The predicted molar refractivity (Wildman–Crippen MR) is 101 cm³/mol. The minimum atomic E-state index is -3.47. The Morgan fingerprint density at radius 2 is 1.96 bits per heavy atom. The van der Waals surface area contributed by atoms with Crippen LogP contribution in [0.2, 0.25) is 0 Å². The maximum absolute atomic E-state index is 12.0. The molecule has 8 heteroatoms. The average molecular weight is 374 g/mol.